The fraction of sp³-hybridized carbons (Fsp3) is 0.133. The highest BCUT2D eigenvalue weighted by Crippen LogP contribution is 2.09. The van der Waals surface area contributed by atoms with Gasteiger partial charge in [-0.2, -0.15) is 0 Å². The Bertz CT molecular complexity index is 609. The monoisotopic (exact) mass is 302 g/mol. The molecular formula is C15H14N2O3S. The van der Waals surface area contributed by atoms with Gasteiger partial charge in [-0.15, -0.1) is 11.3 Å². The second-order valence-corrected chi connectivity index (χ2v) is 4.99. The summed E-state index contributed by atoms with van der Waals surface area (Å²) in [6.07, 6.45) is 6.14. The molecule has 21 heavy (non-hydrogen) atoms. The Hall–Kier alpha value is -2.47. The Labute approximate surface area is 126 Å². The Kier molecular flexibility index (Phi) is 5.66. The molecule has 0 aliphatic heterocycles. The van der Waals surface area contributed by atoms with Crippen LogP contribution in [0.3, 0.4) is 0 Å². The van der Waals surface area contributed by atoms with E-state index in [0.29, 0.717) is 5.56 Å². The summed E-state index contributed by atoms with van der Waals surface area (Å²) in [6.45, 7) is 0.381. The van der Waals surface area contributed by atoms with Gasteiger partial charge >= 0.3 is 5.97 Å². The zero-order chi connectivity index (χ0) is 14.9. The number of amides is 1. The summed E-state index contributed by atoms with van der Waals surface area (Å²) in [5.41, 5.74) is 0.474. The number of ether oxygens (including phenoxy) is 1. The first-order valence-corrected chi connectivity index (χ1v) is 7.20. The van der Waals surface area contributed by atoms with Crippen LogP contribution < -0.4 is 5.32 Å². The van der Waals surface area contributed by atoms with Crippen LogP contribution in [0.5, 0.6) is 0 Å². The van der Waals surface area contributed by atoms with Crippen molar-refractivity contribution in [3.05, 3.63) is 58.6 Å². The van der Waals surface area contributed by atoms with Gasteiger partial charge in [-0.05, 0) is 29.7 Å². The minimum atomic E-state index is -0.431. The van der Waals surface area contributed by atoms with E-state index in [9.17, 15) is 9.59 Å². The summed E-state index contributed by atoms with van der Waals surface area (Å²) in [6, 6.07) is 7.16. The molecule has 6 heteroatoms. The maximum Gasteiger partial charge on any atom is 0.330 e. The number of carbonyl (C=O) groups is 2. The predicted octanol–water partition coefficient (Wildman–Crippen LogP) is 2.13. The second kappa shape index (κ2) is 7.96. The van der Waals surface area contributed by atoms with Crippen molar-refractivity contribution in [1.29, 1.82) is 0 Å². The molecule has 0 saturated carbocycles. The van der Waals surface area contributed by atoms with Gasteiger partial charge in [0, 0.05) is 23.3 Å². The van der Waals surface area contributed by atoms with Crippen molar-refractivity contribution in [3.8, 4) is 0 Å². The largest absolute Gasteiger partial charge is 0.461 e. The van der Waals surface area contributed by atoms with Crippen LogP contribution in [0.15, 0.2) is 48.1 Å². The first-order valence-electron chi connectivity index (χ1n) is 6.32. The lowest BCUT2D eigenvalue weighted by Crippen LogP contribution is -2.27. The van der Waals surface area contributed by atoms with E-state index in [4.69, 9.17) is 4.74 Å². The third-order valence-corrected chi connectivity index (χ3v) is 3.32. The lowest BCUT2D eigenvalue weighted by atomic mass is 10.3. The zero-order valence-corrected chi connectivity index (χ0v) is 12.0. The summed E-state index contributed by atoms with van der Waals surface area (Å²) in [5.74, 6) is -0.674. The highest BCUT2D eigenvalue weighted by Gasteiger charge is 2.04. The van der Waals surface area contributed by atoms with Crippen molar-refractivity contribution >= 4 is 29.3 Å². The van der Waals surface area contributed by atoms with E-state index in [2.05, 4.69) is 10.3 Å². The van der Waals surface area contributed by atoms with Crippen molar-refractivity contribution in [1.82, 2.24) is 10.3 Å². The second-order valence-electron chi connectivity index (χ2n) is 4.01. The van der Waals surface area contributed by atoms with Gasteiger partial charge in [0.15, 0.2) is 0 Å². The lowest BCUT2D eigenvalue weighted by molar-refractivity contribution is -0.137. The van der Waals surface area contributed by atoms with Crippen LogP contribution in [0, 0.1) is 0 Å². The predicted molar refractivity (Wildman–Crippen MR) is 80.9 cm³/mol. The molecule has 2 aromatic heterocycles. The molecule has 0 unspecified atom stereocenters. The summed E-state index contributed by atoms with van der Waals surface area (Å²) in [5, 5.41) is 4.58. The Morgan fingerprint density at radius 2 is 2.24 bits per heavy atom. The number of esters is 1. The quantitative estimate of drug-likeness (QED) is 0.504. The third kappa shape index (κ3) is 5.19. The molecule has 0 aliphatic carbocycles. The average Bonchev–Trinajstić information content (AvgIpc) is 3.03. The number of nitrogens with one attached hydrogen (secondary N) is 1. The van der Waals surface area contributed by atoms with E-state index in [0.717, 1.165) is 4.88 Å². The molecule has 1 amide bonds. The highest BCUT2D eigenvalue weighted by molar-refractivity contribution is 7.10. The van der Waals surface area contributed by atoms with Crippen LogP contribution >= 0.6 is 11.3 Å². The Morgan fingerprint density at radius 3 is 2.95 bits per heavy atom. The van der Waals surface area contributed by atoms with Crippen LogP contribution in [0.4, 0.5) is 0 Å². The molecule has 2 rings (SSSR count). The first-order chi connectivity index (χ1) is 10.3. The van der Waals surface area contributed by atoms with E-state index < -0.39 is 5.97 Å². The molecule has 108 valence electrons. The normalized spacial score (nSPS) is 10.5. The topological polar surface area (TPSA) is 68.3 Å². The van der Waals surface area contributed by atoms with E-state index in [-0.39, 0.29) is 19.1 Å². The molecule has 0 atom stereocenters. The Balaban J connectivity index is 1.65. The average molecular weight is 302 g/mol. The van der Waals surface area contributed by atoms with Gasteiger partial charge < -0.3 is 10.1 Å². The van der Waals surface area contributed by atoms with Crippen molar-refractivity contribution < 1.29 is 14.3 Å². The zero-order valence-electron chi connectivity index (χ0n) is 11.2. The molecule has 5 nitrogen and oxygen atoms in total. The van der Waals surface area contributed by atoms with Gasteiger partial charge in [-0.25, -0.2) is 4.79 Å². The number of carbonyl (C=O) groups excluding carboxylic acids is 2. The number of nitrogens with zero attached hydrogens (tertiary/aromatic N) is 1. The molecule has 0 radical (unpaired) electrons. The van der Waals surface area contributed by atoms with Gasteiger partial charge in [0.25, 0.3) is 5.91 Å². The van der Waals surface area contributed by atoms with E-state index in [1.807, 2.05) is 17.5 Å². The number of pyridine rings is 1. The van der Waals surface area contributed by atoms with Crippen LogP contribution in [-0.2, 0) is 9.53 Å². The van der Waals surface area contributed by atoms with Crippen LogP contribution in [0.1, 0.15) is 15.2 Å². The van der Waals surface area contributed by atoms with Crippen molar-refractivity contribution in [2.24, 2.45) is 0 Å². The summed E-state index contributed by atoms with van der Waals surface area (Å²) in [4.78, 5) is 27.9. The molecule has 0 fully saturated rings. The fourth-order valence-corrected chi connectivity index (χ4v) is 2.12. The van der Waals surface area contributed by atoms with Gasteiger partial charge in [0.1, 0.15) is 6.61 Å². The van der Waals surface area contributed by atoms with Crippen LogP contribution in [-0.4, -0.2) is 30.0 Å². The van der Waals surface area contributed by atoms with E-state index >= 15 is 0 Å². The minimum absolute atomic E-state index is 0.125. The minimum Gasteiger partial charge on any atom is -0.461 e. The maximum absolute atomic E-state index is 11.7. The van der Waals surface area contributed by atoms with E-state index in [1.165, 1.54) is 23.6 Å². The van der Waals surface area contributed by atoms with Crippen LogP contribution in [0.25, 0.3) is 6.08 Å². The third-order valence-electron chi connectivity index (χ3n) is 2.48. The molecule has 0 bridgehead atoms. The molecular weight excluding hydrogens is 288 g/mol. The Morgan fingerprint density at radius 1 is 1.33 bits per heavy atom. The number of hydrogen-bond acceptors (Lipinski definition) is 5. The summed E-state index contributed by atoms with van der Waals surface area (Å²) >= 11 is 1.54. The fourth-order valence-electron chi connectivity index (χ4n) is 1.50. The first kappa shape index (κ1) is 14.9. The van der Waals surface area contributed by atoms with Crippen molar-refractivity contribution in [2.75, 3.05) is 13.2 Å². The van der Waals surface area contributed by atoms with Gasteiger partial charge in [-0.1, -0.05) is 6.07 Å². The van der Waals surface area contributed by atoms with Gasteiger partial charge in [0.05, 0.1) is 12.1 Å². The molecule has 2 aromatic rings. The molecule has 0 saturated heterocycles. The number of hydrogen-bond donors (Lipinski definition) is 1. The lowest BCUT2D eigenvalue weighted by Gasteiger charge is -2.05. The highest BCUT2D eigenvalue weighted by atomic mass is 32.1. The number of thiophene rings is 1. The summed E-state index contributed by atoms with van der Waals surface area (Å²) < 4.78 is 4.98. The smallest absolute Gasteiger partial charge is 0.330 e. The molecule has 0 aliphatic rings. The van der Waals surface area contributed by atoms with E-state index in [1.54, 1.807) is 24.4 Å². The molecule has 0 aromatic carbocycles. The number of rotatable bonds is 6. The molecule has 0 spiro atoms. The van der Waals surface area contributed by atoms with Crippen molar-refractivity contribution in [2.45, 2.75) is 0 Å². The number of aromatic nitrogens is 1. The van der Waals surface area contributed by atoms with Crippen molar-refractivity contribution in [3.63, 3.8) is 0 Å². The standard InChI is InChI=1S/C15H14N2O3S/c18-14(6-5-13-4-2-10-21-13)20-9-8-17-15(19)12-3-1-7-16-11-12/h1-7,10-11H,8-9H2,(H,17,19). The maximum atomic E-state index is 11.7. The molecule has 1 N–H and O–H groups in total. The van der Waals surface area contributed by atoms with Crippen LogP contribution in [0.2, 0.25) is 0 Å². The summed E-state index contributed by atoms with van der Waals surface area (Å²) in [7, 11) is 0. The van der Waals surface area contributed by atoms with Gasteiger partial charge in [-0.3, -0.25) is 9.78 Å². The molecule has 2 heterocycles. The van der Waals surface area contributed by atoms with Gasteiger partial charge in [0.2, 0.25) is 0 Å². The SMILES string of the molecule is O=C(C=Cc1cccs1)OCCNC(=O)c1cccnc1.